The van der Waals surface area contributed by atoms with Crippen molar-refractivity contribution in [3.05, 3.63) is 71.9 Å². The molecule has 0 fully saturated rings. The fourth-order valence-electron chi connectivity index (χ4n) is 2.03. The second kappa shape index (κ2) is 5.85. The number of hydrogen-bond acceptors (Lipinski definition) is 3. The zero-order chi connectivity index (χ0) is 14.7. The molecule has 0 aliphatic carbocycles. The summed E-state index contributed by atoms with van der Waals surface area (Å²) < 4.78 is 0. The van der Waals surface area contributed by atoms with E-state index in [-0.39, 0.29) is 5.75 Å². The Kier molecular flexibility index (Phi) is 3.75. The van der Waals surface area contributed by atoms with E-state index in [1.54, 1.807) is 24.4 Å². The molecule has 3 nitrogen and oxygen atoms in total. The van der Waals surface area contributed by atoms with Crippen LogP contribution in [-0.2, 0) is 0 Å². The second-order valence-electron chi connectivity index (χ2n) is 4.59. The highest BCUT2D eigenvalue weighted by atomic mass is 35.5. The van der Waals surface area contributed by atoms with E-state index in [1.807, 2.05) is 42.5 Å². The topological polar surface area (TPSA) is 45.1 Å². The maximum atomic E-state index is 9.43. The van der Waals surface area contributed by atoms with Crippen LogP contribution in [0.2, 0.25) is 5.02 Å². The van der Waals surface area contributed by atoms with Crippen LogP contribution in [0.25, 0.3) is 11.3 Å². The summed E-state index contributed by atoms with van der Waals surface area (Å²) in [5.41, 5.74) is 3.67. The highest BCUT2D eigenvalue weighted by Crippen LogP contribution is 2.28. The summed E-state index contributed by atoms with van der Waals surface area (Å²) in [4.78, 5) is 4.38. The van der Waals surface area contributed by atoms with E-state index in [1.165, 1.54) is 0 Å². The van der Waals surface area contributed by atoms with Gasteiger partial charge in [0.1, 0.15) is 5.75 Å². The van der Waals surface area contributed by atoms with Gasteiger partial charge in [-0.15, -0.1) is 0 Å². The Morgan fingerprint density at radius 3 is 2.43 bits per heavy atom. The average molecular weight is 297 g/mol. The van der Waals surface area contributed by atoms with Gasteiger partial charge in [-0.25, -0.2) is 0 Å². The van der Waals surface area contributed by atoms with Crippen molar-refractivity contribution in [3.8, 4) is 17.0 Å². The summed E-state index contributed by atoms with van der Waals surface area (Å²) in [6.07, 6.45) is 1.76. The maximum absolute atomic E-state index is 9.43. The molecule has 0 aliphatic rings. The first-order valence-corrected chi connectivity index (χ1v) is 6.87. The minimum atomic E-state index is 0.0712. The molecule has 0 spiro atoms. The van der Waals surface area contributed by atoms with Crippen molar-refractivity contribution in [2.45, 2.75) is 0 Å². The number of rotatable bonds is 3. The van der Waals surface area contributed by atoms with Crippen LogP contribution in [0.1, 0.15) is 0 Å². The van der Waals surface area contributed by atoms with E-state index < -0.39 is 0 Å². The standard InChI is InChI=1S/C17H13ClN2O/c18-15-10-13(6-7-17(15)21)20-14-8-9-19-16(11-14)12-4-2-1-3-5-12/h1-11,21H,(H,19,20). The van der Waals surface area contributed by atoms with Crippen molar-refractivity contribution in [1.29, 1.82) is 0 Å². The molecule has 0 radical (unpaired) electrons. The lowest BCUT2D eigenvalue weighted by Crippen LogP contribution is -1.92. The number of anilines is 2. The predicted octanol–water partition coefficient (Wildman–Crippen LogP) is 4.85. The zero-order valence-electron chi connectivity index (χ0n) is 11.1. The Morgan fingerprint density at radius 1 is 0.905 bits per heavy atom. The summed E-state index contributed by atoms with van der Waals surface area (Å²) in [6, 6.07) is 18.8. The van der Waals surface area contributed by atoms with Crippen LogP contribution in [0.5, 0.6) is 5.75 Å². The van der Waals surface area contributed by atoms with Crippen molar-refractivity contribution in [3.63, 3.8) is 0 Å². The number of halogens is 1. The van der Waals surface area contributed by atoms with Gasteiger partial charge in [0.2, 0.25) is 0 Å². The number of nitrogens with one attached hydrogen (secondary N) is 1. The van der Waals surface area contributed by atoms with E-state index in [0.29, 0.717) is 5.02 Å². The molecule has 21 heavy (non-hydrogen) atoms. The van der Waals surface area contributed by atoms with Gasteiger partial charge in [-0.2, -0.15) is 0 Å². The van der Waals surface area contributed by atoms with E-state index in [2.05, 4.69) is 10.3 Å². The molecule has 3 rings (SSSR count). The minimum absolute atomic E-state index is 0.0712. The van der Waals surface area contributed by atoms with Crippen LogP contribution >= 0.6 is 11.6 Å². The van der Waals surface area contributed by atoms with Crippen molar-refractivity contribution < 1.29 is 5.11 Å². The van der Waals surface area contributed by atoms with Crippen LogP contribution in [0, 0.1) is 0 Å². The fraction of sp³-hybridized carbons (Fsp3) is 0. The quantitative estimate of drug-likeness (QED) is 0.679. The highest BCUT2D eigenvalue weighted by Gasteiger charge is 2.03. The summed E-state index contributed by atoms with van der Waals surface area (Å²) in [5, 5.41) is 13.0. The Labute approximate surface area is 127 Å². The summed E-state index contributed by atoms with van der Waals surface area (Å²) in [5.74, 6) is 0.0712. The van der Waals surface area contributed by atoms with E-state index in [9.17, 15) is 5.11 Å². The van der Waals surface area contributed by atoms with Crippen LogP contribution in [0.4, 0.5) is 11.4 Å². The van der Waals surface area contributed by atoms with Gasteiger partial charge < -0.3 is 10.4 Å². The third-order valence-corrected chi connectivity index (χ3v) is 3.37. The lowest BCUT2D eigenvalue weighted by molar-refractivity contribution is 0.475. The lowest BCUT2D eigenvalue weighted by Gasteiger charge is -2.09. The van der Waals surface area contributed by atoms with E-state index in [4.69, 9.17) is 11.6 Å². The molecule has 0 amide bonds. The van der Waals surface area contributed by atoms with Crippen molar-refractivity contribution in [2.24, 2.45) is 0 Å². The number of phenolic OH excluding ortho intramolecular Hbond substituents is 1. The van der Waals surface area contributed by atoms with Gasteiger partial charge in [0.15, 0.2) is 0 Å². The molecule has 2 aromatic carbocycles. The Hall–Kier alpha value is -2.52. The number of benzene rings is 2. The molecule has 0 aliphatic heterocycles. The van der Waals surface area contributed by atoms with E-state index in [0.717, 1.165) is 22.6 Å². The summed E-state index contributed by atoms with van der Waals surface area (Å²) >= 11 is 5.90. The van der Waals surface area contributed by atoms with Gasteiger partial charge in [-0.3, -0.25) is 4.98 Å². The molecule has 0 unspecified atom stereocenters. The third kappa shape index (κ3) is 3.15. The number of aromatic hydroxyl groups is 1. The molecule has 104 valence electrons. The monoisotopic (exact) mass is 296 g/mol. The van der Waals surface area contributed by atoms with Gasteiger partial charge in [0.05, 0.1) is 10.7 Å². The Morgan fingerprint density at radius 2 is 1.67 bits per heavy atom. The Bertz CT molecular complexity index is 760. The minimum Gasteiger partial charge on any atom is -0.506 e. The molecule has 4 heteroatoms. The number of aromatic nitrogens is 1. The van der Waals surface area contributed by atoms with Crippen LogP contribution in [-0.4, -0.2) is 10.1 Å². The molecule has 2 N–H and O–H groups in total. The van der Waals surface area contributed by atoms with Gasteiger partial charge in [-0.1, -0.05) is 41.9 Å². The number of nitrogens with zero attached hydrogens (tertiary/aromatic N) is 1. The number of phenols is 1. The molecule has 0 saturated carbocycles. The van der Waals surface area contributed by atoms with Crippen LogP contribution in [0.3, 0.4) is 0 Å². The maximum Gasteiger partial charge on any atom is 0.134 e. The fourth-order valence-corrected chi connectivity index (χ4v) is 2.21. The largest absolute Gasteiger partial charge is 0.506 e. The van der Waals surface area contributed by atoms with Crippen LogP contribution in [0.15, 0.2) is 66.9 Å². The molecule has 1 aromatic heterocycles. The van der Waals surface area contributed by atoms with Crippen molar-refractivity contribution >= 4 is 23.0 Å². The number of pyridine rings is 1. The summed E-state index contributed by atoms with van der Waals surface area (Å²) in [6.45, 7) is 0. The molecule has 1 heterocycles. The smallest absolute Gasteiger partial charge is 0.134 e. The first-order chi connectivity index (χ1) is 10.2. The molecule has 0 atom stereocenters. The van der Waals surface area contributed by atoms with Gasteiger partial charge in [0, 0.05) is 23.1 Å². The molecular formula is C17H13ClN2O. The van der Waals surface area contributed by atoms with Crippen molar-refractivity contribution in [1.82, 2.24) is 4.98 Å². The lowest BCUT2D eigenvalue weighted by atomic mass is 10.1. The Balaban J connectivity index is 1.88. The van der Waals surface area contributed by atoms with Gasteiger partial charge >= 0.3 is 0 Å². The molecule has 0 bridgehead atoms. The van der Waals surface area contributed by atoms with Crippen LogP contribution < -0.4 is 5.32 Å². The normalized spacial score (nSPS) is 10.3. The second-order valence-corrected chi connectivity index (χ2v) is 4.99. The highest BCUT2D eigenvalue weighted by molar-refractivity contribution is 6.32. The summed E-state index contributed by atoms with van der Waals surface area (Å²) in [7, 11) is 0. The molecule has 0 saturated heterocycles. The SMILES string of the molecule is Oc1ccc(Nc2ccnc(-c3ccccc3)c2)cc1Cl. The first-order valence-electron chi connectivity index (χ1n) is 6.49. The van der Waals surface area contributed by atoms with E-state index >= 15 is 0 Å². The zero-order valence-corrected chi connectivity index (χ0v) is 11.9. The van der Waals surface area contributed by atoms with Gasteiger partial charge in [-0.05, 0) is 30.3 Å². The molecule has 3 aromatic rings. The number of hydrogen-bond donors (Lipinski definition) is 2. The van der Waals surface area contributed by atoms with Gasteiger partial charge in [0.25, 0.3) is 0 Å². The third-order valence-electron chi connectivity index (χ3n) is 3.07. The molecular weight excluding hydrogens is 284 g/mol. The average Bonchev–Trinajstić information content (AvgIpc) is 2.52. The first kappa shape index (κ1) is 13.5. The predicted molar refractivity (Wildman–Crippen MR) is 86.1 cm³/mol. The van der Waals surface area contributed by atoms with Crippen molar-refractivity contribution in [2.75, 3.05) is 5.32 Å².